The number of carbonyl (C=O) groups is 2. The molecule has 6 nitrogen and oxygen atoms in total. The first-order valence-electron chi connectivity index (χ1n) is 8.86. The Morgan fingerprint density at radius 3 is 2.33 bits per heavy atom. The van der Waals surface area contributed by atoms with Gasteiger partial charge in [-0.15, -0.1) is 0 Å². The third-order valence-corrected chi connectivity index (χ3v) is 4.03. The molecule has 1 atom stereocenters. The van der Waals surface area contributed by atoms with Crippen molar-refractivity contribution >= 4 is 17.7 Å². The molecule has 0 saturated carbocycles. The topological polar surface area (TPSA) is 93.4 Å². The largest absolute Gasteiger partial charge is 0.445 e. The Morgan fingerprint density at radius 1 is 1.04 bits per heavy atom. The number of hydrogen-bond donors (Lipinski definition) is 3. The van der Waals surface area contributed by atoms with Crippen molar-refractivity contribution in [3.05, 3.63) is 65.7 Å². The maximum absolute atomic E-state index is 12.8. The Labute approximate surface area is 160 Å². The summed E-state index contributed by atoms with van der Waals surface area (Å²) in [4.78, 5) is 25.0. The van der Waals surface area contributed by atoms with Crippen LogP contribution in [0.5, 0.6) is 0 Å². The normalized spacial score (nSPS) is 12.1. The first kappa shape index (κ1) is 20.5. The van der Waals surface area contributed by atoms with Crippen molar-refractivity contribution in [2.45, 2.75) is 40.0 Å². The summed E-state index contributed by atoms with van der Waals surface area (Å²) in [6.07, 6.45) is -0.635. The van der Waals surface area contributed by atoms with Crippen LogP contribution < -0.4 is 16.4 Å². The van der Waals surface area contributed by atoms with Crippen molar-refractivity contribution in [2.24, 2.45) is 11.1 Å². The summed E-state index contributed by atoms with van der Waals surface area (Å²) in [5, 5.41) is 5.52. The molecule has 0 bridgehead atoms. The highest BCUT2D eigenvalue weighted by atomic mass is 16.5. The van der Waals surface area contributed by atoms with Gasteiger partial charge in [-0.25, -0.2) is 4.79 Å². The van der Waals surface area contributed by atoms with E-state index >= 15 is 0 Å². The number of hydrogen-bond acceptors (Lipinski definition) is 4. The Balaban J connectivity index is 2.01. The number of nitrogens with one attached hydrogen (secondary N) is 2. The Morgan fingerprint density at radius 2 is 1.70 bits per heavy atom. The molecule has 0 heterocycles. The zero-order chi connectivity index (χ0) is 19.9. The van der Waals surface area contributed by atoms with Gasteiger partial charge >= 0.3 is 6.09 Å². The number of amides is 2. The number of carbonyl (C=O) groups excluding carboxylic acids is 2. The molecule has 2 aromatic carbocycles. The highest BCUT2D eigenvalue weighted by Gasteiger charge is 2.33. The van der Waals surface area contributed by atoms with Crippen molar-refractivity contribution in [3.63, 3.8) is 0 Å². The van der Waals surface area contributed by atoms with Crippen molar-refractivity contribution < 1.29 is 14.3 Å². The van der Waals surface area contributed by atoms with Crippen LogP contribution >= 0.6 is 0 Å². The third-order valence-electron chi connectivity index (χ3n) is 4.03. The summed E-state index contributed by atoms with van der Waals surface area (Å²) in [5.41, 5.74) is 7.57. The van der Waals surface area contributed by atoms with Gasteiger partial charge in [0.05, 0.1) is 0 Å². The Bertz CT molecular complexity index is 770. The van der Waals surface area contributed by atoms with Gasteiger partial charge < -0.3 is 21.1 Å². The molecule has 0 aliphatic heterocycles. The molecule has 27 heavy (non-hydrogen) atoms. The van der Waals surface area contributed by atoms with E-state index in [1.165, 1.54) is 0 Å². The molecule has 0 spiro atoms. The summed E-state index contributed by atoms with van der Waals surface area (Å²) in [5.74, 6) is -0.312. The van der Waals surface area contributed by atoms with Gasteiger partial charge in [-0.1, -0.05) is 63.2 Å². The highest BCUT2D eigenvalue weighted by molar-refractivity contribution is 5.97. The van der Waals surface area contributed by atoms with Crippen LogP contribution in [0.25, 0.3) is 0 Å². The van der Waals surface area contributed by atoms with E-state index in [-0.39, 0.29) is 12.5 Å². The van der Waals surface area contributed by atoms with Crippen LogP contribution in [-0.4, -0.2) is 18.0 Å². The van der Waals surface area contributed by atoms with Gasteiger partial charge in [0.1, 0.15) is 12.6 Å². The molecule has 0 aliphatic rings. The van der Waals surface area contributed by atoms with Gasteiger partial charge in [-0.2, -0.15) is 0 Å². The minimum atomic E-state index is -0.762. The fourth-order valence-corrected chi connectivity index (χ4v) is 2.55. The van der Waals surface area contributed by atoms with Crippen molar-refractivity contribution in [1.82, 2.24) is 5.32 Å². The second-order valence-electron chi connectivity index (χ2n) is 7.40. The van der Waals surface area contributed by atoms with E-state index in [1.54, 1.807) is 6.07 Å². The summed E-state index contributed by atoms with van der Waals surface area (Å²) in [6.45, 7) is 6.17. The predicted octanol–water partition coefficient (Wildman–Crippen LogP) is 3.42. The molecule has 0 fully saturated rings. The maximum atomic E-state index is 12.8. The summed E-state index contributed by atoms with van der Waals surface area (Å²) < 4.78 is 5.24. The van der Waals surface area contributed by atoms with Crippen LogP contribution in [0.1, 0.15) is 31.9 Å². The highest BCUT2D eigenvalue weighted by Crippen LogP contribution is 2.21. The van der Waals surface area contributed by atoms with Crippen LogP contribution in [0.2, 0.25) is 0 Å². The molecule has 144 valence electrons. The van der Waals surface area contributed by atoms with E-state index in [0.717, 1.165) is 11.1 Å². The smallest absolute Gasteiger partial charge is 0.408 e. The van der Waals surface area contributed by atoms with E-state index in [9.17, 15) is 9.59 Å². The molecule has 2 aromatic rings. The number of ether oxygens (including phenoxy) is 1. The van der Waals surface area contributed by atoms with Gasteiger partial charge in [0.2, 0.25) is 5.91 Å². The van der Waals surface area contributed by atoms with Crippen LogP contribution in [0.3, 0.4) is 0 Å². The zero-order valence-electron chi connectivity index (χ0n) is 16.0. The third kappa shape index (κ3) is 6.42. The summed E-state index contributed by atoms with van der Waals surface area (Å²) >= 11 is 0. The molecule has 6 heteroatoms. The molecular formula is C21H27N3O3. The quantitative estimate of drug-likeness (QED) is 0.727. The lowest BCUT2D eigenvalue weighted by Gasteiger charge is -2.30. The molecule has 4 N–H and O–H groups in total. The fourth-order valence-electron chi connectivity index (χ4n) is 2.55. The summed E-state index contributed by atoms with van der Waals surface area (Å²) in [6, 6.07) is 15.9. The van der Waals surface area contributed by atoms with E-state index < -0.39 is 17.6 Å². The standard InChI is InChI=1S/C21H27N3O3/c1-21(2,3)18(19(25)23-17-11-7-10-16(12-17)13-22)24-20(26)27-14-15-8-5-4-6-9-15/h4-12,18H,13-14,22H2,1-3H3,(H,23,25)(H,24,26)/t18-/m0/s1. The fraction of sp³-hybridized carbons (Fsp3) is 0.333. The maximum Gasteiger partial charge on any atom is 0.408 e. The average molecular weight is 369 g/mol. The molecule has 2 amide bonds. The van der Waals surface area contributed by atoms with Crippen LogP contribution in [-0.2, 0) is 22.7 Å². The Hall–Kier alpha value is -2.86. The second kappa shape index (κ2) is 9.19. The number of benzene rings is 2. The molecule has 0 aromatic heterocycles. The lowest BCUT2D eigenvalue weighted by atomic mass is 9.86. The van der Waals surface area contributed by atoms with Gasteiger partial charge in [0.15, 0.2) is 0 Å². The second-order valence-corrected chi connectivity index (χ2v) is 7.40. The monoisotopic (exact) mass is 369 g/mol. The number of alkyl carbamates (subject to hydrolysis) is 1. The van der Waals surface area contributed by atoms with Gasteiger partial charge in [0, 0.05) is 12.2 Å². The average Bonchev–Trinajstić information content (AvgIpc) is 2.64. The van der Waals surface area contributed by atoms with Gasteiger partial charge in [0.25, 0.3) is 0 Å². The van der Waals surface area contributed by atoms with Gasteiger partial charge in [-0.05, 0) is 28.7 Å². The molecule has 0 unspecified atom stereocenters. The van der Waals surface area contributed by atoms with E-state index in [4.69, 9.17) is 10.5 Å². The first-order chi connectivity index (χ1) is 12.8. The molecule has 0 radical (unpaired) electrons. The number of rotatable bonds is 6. The van der Waals surface area contributed by atoms with Crippen LogP contribution in [0.15, 0.2) is 54.6 Å². The predicted molar refractivity (Wildman–Crippen MR) is 106 cm³/mol. The van der Waals surface area contributed by atoms with E-state index in [2.05, 4.69) is 10.6 Å². The van der Waals surface area contributed by atoms with Gasteiger partial charge in [-0.3, -0.25) is 4.79 Å². The molecule has 0 aliphatic carbocycles. The van der Waals surface area contributed by atoms with Crippen molar-refractivity contribution in [1.29, 1.82) is 0 Å². The molecular weight excluding hydrogens is 342 g/mol. The SMILES string of the molecule is CC(C)(C)[C@@H](NC(=O)OCc1ccccc1)C(=O)Nc1cccc(CN)c1. The lowest BCUT2D eigenvalue weighted by molar-refractivity contribution is -0.120. The summed E-state index contributed by atoms with van der Waals surface area (Å²) in [7, 11) is 0. The lowest BCUT2D eigenvalue weighted by Crippen LogP contribution is -2.51. The van der Waals surface area contributed by atoms with Crippen LogP contribution in [0.4, 0.5) is 10.5 Å². The molecule has 0 saturated heterocycles. The zero-order valence-corrected chi connectivity index (χ0v) is 16.0. The van der Waals surface area contributed by atoms with Crippen molar-refractivity contribution in [3.8, 4) is 0 Å². The number of anilines is 1. The minimum absolute atomic E-state index is 0.143. The minimum Gasteiger partial charge on any atom is -0.445 e. The number of nitrogens with two attached hydrogens (primary N) is 1. The first-order valence-corrected chi connectivity index (χ1v) is 8.86. The van der Waals surface area contributed by atoms with E-state index in [0.29, 0.717) is 12.2 Å². The Kier molecular flexibility index (Phi) is 6.96. The van der Waals surface area contributed by atoms with Crippen LogP contribution in [0, 0.1) is 5.41 Å². The van der Waals surface area contributed by atoms with Crippen molar-refractivity contribution in [2.75, 3.05) is 5.32 Å². The molecule has 2 rings (SSSR count). The van der Waals surface area contributed by atoms with E-state index in [1.807, 2.05) is 69.3 Å².